The van der Waals surface area contributed by atoms with Gasteiger partial charge in [0.25, 0.3) is 0 Å². The summed E-state index contributed by atoms with van der Waals surface area (Å²) in [5, 5.41) is 15.2. The third-order valence-electron chi connectivity index (χ3n) is 5.33. The Morgan fingerprint density at radius 2 is 1.81 bits per heavy atom. The maximum Gasteiger partial charge on any atom is 0.228 e. The molecule has 31 heavy (non-hydrogen) atoms. The molecule has 1 aromatic heterocycles. The van der Waals surface area contributed by atoms with Gasteiger partial charge in [-0.2, -0.15) is 5.26 Å². The average Bonchev–Trinajstić information content (AvgIpc) is 3.09. The summed E-state index contributed by atoms with van der Waals surface area (Å²) < 4.78 is 2.03. The molecule has 6 nitrogen and oxygen atoms in total. The lowest BCUT2D eigenvalue weighted by molar-refractivity contribution is -0.115. The summed E-state index contributed by atoms with van der Waals surface area (Å²) in [6, 6.07) is 23.1. The number of nitriles is 1. The van der Waals surface area contributed by atoms with E-state index in [0.29, 0.717) is 18.5 Å². The number of rotatable bonds is 6. The van der Waals surface area contributed by atoms with Crippen molar-refractivity contribution in [1.29, 1.82) is 5.26 Å². The fourth-order valence-corrected chi connectivity index (χ4v) is 3.52. The Labute approximate surface area is 181 Å². The third-order valence-corrected chi connectivity index (χ3v) is 5.33. The molecule has 4 aromatic rings. The van der Waals surface area contributed by atoms with Crippen LogP contribution in [0.3, 0.4) is 0 Å². The molecular weight excluding hydrogens is 386 g/mol. The van der Waals surface area contributed by atoms with E-state index < -0.39 is 0 Å². The van der Waals surface area contributed by atoms with Crippen LogP contribution in [0.5, 0.6) is 0 Å². The van der Waals surface area contributed by atoms with Crippen molar-refractivity contribution in [2.45, 2.75) is 19.9 Å². The number of aromatic nitrogens is 2. The zero-order valence-electron chi connectivity index (χ0n) is 17.5. The SMILES string of the molecule is Cc1ccccc1CC(=O)Nc1ccc2c(c1)nc(CNc1ccc(C#N)cc1)n2C. The van der Waals surface area contributed by atoms with E-state index in [0.717, 1.165) is 39.4 Å². The number of carbonyl (C=O) groups excluding carboxylic acids is 1. The molecule has 0 bridgehead atoms. The molecule has 0 aliphatic heterocycles. The summed E-state index contributed by atoms with van der Waals surface area (Å²) in [5.41, 5.74) is 6.24. The molecule has 0 radical (unpaired) electrons. The molecular formula is C25H23N5O. The number of nitrogens with zero attached hydrogens (tertiary/aromatic N) is 3. The minimum atomic E-state index is -0.0488. The molecule has 0 atom stereocenters. The van der Waals surface area contributed by atoms with Crippen LogP contribution in [0.25, 0.3) is 11.0 Å². The quantitative estimate of drug-likeness (QED) is 0.490. The predicted molar refractivity (Wildman–Crippen MR) is 123 cm³/mol. The van der Waals surface area contributed by atoms with E-state index in [2.05, 4.69) is 16.7 Å². The topological polar surface area (TPSA) is 82.7 Å². The van der Waals surface area contributed by atoms with Gasteiger partial charge in [0.2, 0.25) is 5.91 Å². The van der Waals surface area contributed by atoms with Gasteiger partial charge in [-0.3, -0.25) is 4.79 Å². The maximum absolute atomic E-state index is 12.5. The van der Waals surface area contributed by atoms with Gasteiger partial charge >= 0.3 is 0 Å². The number of imidazole rings is 1. The van der Waals surface area contributed by atoms with Crippen molar-refractivity contribution in [3.05, 3.63) is 89.2 Å². The van der Waals surface area contributed by atoms with E-state index in [9.17, 15) is 4.79 Å². The van der Waals surface area contributed by atoms with Gasteiger partial charge in [0.05, 0.1) is 35.6 Å². The van der Waals surface area contributed by atoms with Gasteiger partial charge in [-0.05, 0) is 60.5 Å². The number of hydrogen-bond donors (Lipinski definition) is 2. The molecule has 0 aliphatic rings. The molecule has 0 saturated carbocycles. The van der Waals surface area contributed by atoms with Crippen LogP contribution in [0.1, 0.15) is 22.5 Å². The molecule has 0 spiro atoms. The Morgan fingerprint density at radius 3 is 2.55 bits per heavy atom. The summed E-state index contributed by atoms with van der Waals surface area (Å²) in [5.74, 6) is 0.829. The van der Waals surface area contributed by atoms with Gasteiger partial charge in [0.15, 0.2) is 0 Å². The lowest BCUT2D eigenvalue weighted by Gasteiger charge is -2.08. The van der Waals surface area contributed by atoms with E-state index >= 15 is 0 Å². The second-order valence-electron chi connectivity index (χ2n) is 7.48. The van der Waals surface area contributed by atoms with Gasteiger partial charge in [0.1, 0.15) is 5.82 Å². The number of nitrogens with one attached hydrogen (secondary N) is 2. The first-order valence-electron chi connectivity index (χ1n) is 10.1. The standard InChI is InChI=1S/C25H23N5O/c1-17-5-3-4-6-19(17)13-25(31)28-21-11-12-23-22(14-21)29-24(30(23)2)16-27-20-9-7-18(15-26)8-10-20/h3-12,14,27H,13,16H2,1-2H3,(H,28,31). The molecule has 0 fully saturated rings. The first-order chi connectivity index (χ1) is 15.0. The van der Waals surface area contributed by atoms with E-state index in [-0.39, 0.29) is 5.91 Å². The number of anilines is 2. The van der Waals surface area contributed by atoms with Gasteiger partial charge < -0.3 is 15.2 Å². The summed E-state index contributed by atoms with van der Waals surface area (Å²) in [4.78, 5) is 17.2. The second-order valence-corrected chi connectivity index (χ2v) is 7.48. The Hall–Kier alpha value is -4.11. The van der Waals surface area contributed by atoms with E-state index in [1.807, 2.05) is 73.1 Å². The normalized spacial score (nSPS) is 10.6. The molecule has 0 unspecified atom stereocenters. The molecule has 1 heterocycles. The van der Waals surface area contributed by atoms with Crippen LogP contribution >= 0.6 is 0 Å². The summed E-state index contributed by atoms with van der Waals surface area (Å²) >= 11 is 0. The van der Waals surface area contributed by atoms with E-state index in [1.165, 1.54) is 0 Å². The summed E-state index contributed by atoms with van der Waals surface area (Å²) in [6.07, 6.45) is 0.340. The van der Waals surface area contributed by atoms with Gasteiger partial charge in [-0.1, -0.05) is 24.3 Å². The fourth-order valence-electron chi connectivity index (χ4n) is 3.52. The zero-order valence-corrected chi connectivity index (χ0v) is 17.5. The number of hydrogen-bond acceptors (Lipinski definition) is 4. The highest BCUT2D eigenvalue weighted by molar-refractivity contribution is 5.94. The van der Waals surface area contributed by atoms with Crippen LogP contribution in [0.2, 0.25) is 0 Å². The fraction of sp³-hybridized carbons (Fsp3) is 0.160. The molecule has 4 rings (SSSR count). The maximum atomic E-state index is 12.5. The first kappa shape index (κ1) is 20.2. The first-order valence-corrected chi connectivity index (χ1v) is 10.1. The van der Waals surface area contributed by atoms with Gasteiger partial charge in [0, 0.05) is 18.4 Å². The molecule has 2 N–H and O–H groups in total. The number of fused-ring (bicyclic) bond motifs is 1. The van der Waals surface area contributed by atoms with E-state index in [4.69, 9.17) is 10.2 Å². The average molecular weight is 409 g/mol. The highest BCUT2D eigenvalue weighted by Gasteiger charge is 2.11. The highest BCUT2D eigenvalue weighted by atomic mass is 16.1. The lowest BCUT2D eigenvalue weighted by atomic mass is 10.1. The lowest BCUT2D eigenvalue weighted by Crippen LogP contribution is -2.14. The van der Waals surface area contributed by atoms with Crippen LogP contribution in [0, 0.1) is 18.3 Å². The van der Waals surface area contributed by atoms with Crippen LogP contribution in [0.15, 0.2) is 66.7 Å². The Balaban J connectivity index is 1.46. The van der Waals surface area contributed by atoms with Crippen molar-refractivity contribution in [1.82, 2.24) is 9.55 Å². The summed E-state index contributed by atoms with van der Waals surface area (Å²) in [7, 11) is 1.97. The molecule has 154 valence electrons. The predicted octanol–water partition coefficient (Wildman–Crippen LogP) is 4.55. The van der Waals surface area contributed by atoms with Crippen LogP contribution < -0.4 is 10.6 Å². The minimum absolute atomic E-state index is 0.0488. The monoisotopic (exact) mass is 409 g/mol. The van der Waals surface area contributed by atoms with Gasteiger partial charge in [-0.15, -0.1) is 0 Å². The molecule has 0 aliphatic carbocycles. The Kier molecular flexibility index (Phi) is 5.67. The minimum Gasteiger partial charge on any atom is -0.378 e. The zero-order chi connectivity index (χ0) is 21.8. The van der Waals surface area contributed by atoms with Crippen LogP contribution in [-0.2, 0) is 24.8 Å². The number of carbonyl (C=O) groups is 1. The summed E-state index contributed by atoms with van der Waals surface area (Å²) in [6.45, 7) is 2.56. The van der Waals surface area contributed by atoms with Crippen molar-refractivity contribution in [3.8, 4) is 6.07 Å². The van der Waals surface area contributed by atoms with Crippen LogP contribution in [0.4, 0.5) is 11.4 Å². The Bertz CT molecular complexity index is 1280. The van der Waals surface area contributed by atoms with Crippen molar-refractivity contribution in [2.24, 2.45) is 7.05 Å². The van der Waals surface area contributed by atoms with E-state index in [1.54, 1.807) is 12.1 Å². The Morgan fingerprint density at radius 1 is 1.06 bits per heavy atom. The van der Waals surface area contributed by atoms with Crippen molar-refractivity contribution >= 4 is 28.3 Å². The third kappa shape index (κ3) is 4.57. The highest BCUT2D eigenvalue weighted by Crippen LogP contribution is 2.21. The second kappa shape index (κ2) is 8.72. The molecule has 3 aromatic carbocycles. The number of benzene rings is 3. The van der Waals surface area contributed by atoms with Crippen molar-refractivity contribution < 1.29 is 4.79 Å². The number of aryl methyl sites for hydroxylation is 2. The largest absolute Gasteiger partial charge is 0.378 e. The molecule has 6 heteroatoms. The van der Waals surface area contributed by atoms with Crippen molar-refractivity contribution in [3.63, 3.8) is 0 Å². The smallest absolute Gasteiger partial charge is 0.228 e. The van der Waals surface area contributed by atoms with Crippen molar-refractivity contribution in [2.75, 3.05) is 10.6 Å². The van der Waals surface area contributed by atoms with Crippen LogP contribution in [-0.4, -0.2) is 15.5 Å². The molecule has 1 amide bonds. The number of amides is 1. The van der Waals surface area contributed by atoms with Gasteiger partial charge in [-0.25, -0.2) is 4.98 Å². The molecule has 0 saturated heterocycles.